The van der Waals surface area contributed by atoms with E-state index in [0.29, 0.717) is 5.41 Å². The van der Waals surface area contributed by atoms with Crippen molar-refractivity contribution >= 4 is 11.3 Å². The Hall–Kier alpha value is -0.410. The highest BCUT2D eigenvalue weighted by atomic mass is 32.1. The van der Waals surface area contributed by atoms with Crippen molar-refractivity contribution in [1.29, 1.82) is 0 Å². The molecule has 1 heterocycles. The second-order valence-corrected chi connectivity index (χ2v) is 6.96. The Morgan fingerprint density at radius 1 is 1.41 bits per heavy atom. The molecule has 1 aromatic heterocycles. The van der Waals surface area contributed by atoms with Gasteiger partial charge in [0.1, 0.15) is 0 Å². The van der Waals surface area contributed by atoms with Gasteiger partial charge in [-0.3, -0.25) is 0 Å². The third kappa shape index (κ3) is 2.89. The number of thiazole rings is 1. The van der Waals surface area contributed by atoms with Gasteiger partial charge in [0.05, 0.1) is 10.7 Å². The fourth-order valence-electron chi connectivity index (χ4n) is 3.06. The zero-order valence-electron chi connectivity index (χ0n) is 10.7. The first-order chi connectivity index (χ1) is 8.26. The maximum absolute atomic E-state index is 4.65. The summed E-state index contributed by atoms with van der Waals surface area (Å²) in [5.74, 6) is 0. The summed E-state index contributed by atoms with van der Waals surface area (Å²) in [6.45, 7) is 3.33. The van der Waals surface area contributed by atoms with Gasteiger partial charge >= 0.3 is 0 Å². The van der Waals surface area contributed by atoms with E-state index in [1.54, 1.807) is 11.3 Å². The average Bonchev–Trinajstić information content (AvgIpc) is 2.90. The van der Waals surface area contributed by atoms with Crippen LogP contribution in [-0.4, -0.2) is 17.6 Å². The van der Waals surface area contributed by atoms with Gasteiger partial charge in [0.2, 0.25) is 0 Å². The Balaban J connectivity index is 1.65. The molecule has 17 heavy (non-hydrogen) atoms. The van der Waals surface area contributed by atoms with Gasteiger partial charge in [0.25, 0.3) is 0 Å². The van der Waals surface area contributed by atoms with Crippen LogP contribution >= 0.6 is 11.3 Å². The number of hydrogen-bond acceptors (Lipinski definition) is 3. The average molecular weight is 250 g/mol. The predicted molar refractivity (Wildman–Crippen MR) is 72.5 cm³/mol. The topological polar surface area (TPSA) is 24.9 Å². The number of aryl methyl sites for hydroxylation is 1. The molecule has 0 atom stereocenters. The Kier molecular flexibility index (Phi) is 3.22. The van der Waals surface area contributed by atoms with Crippen LogP contribution in [0.4, 0.5) is 0 Å². The molecule has 1 aromatic rings. The van der Waals surface area contributed by atoms with Gasteiger partial charge in [-0.25, -0.2) is 4.98 Å². The zero-order chi connectivity index (χ0) is 11.7. The first-order valence-corrected chi connectivity index (χ1v) is 7.78. The van der Waals surface area contributed by atoms with Crippen LogP contribution in [0.1, 0.15) is 49.2 Å². The van der Waals surface area contributed by atoms with Crippen molar-refractivity contribution in [1.82, 2.24) is 10.3 Å². The molecule has 2 fully saturated rings. The minimum Gasteiger partial charge on any atom is -0.313 e. The summed E-state index contributed by atoms with van der Waals surface area (Å²) in [7, 11) is 0. The molecular formula is C14H22N2S. The normalized spacial score (nSPS) is 23.1. The van der Waals surface area contributed by atoms with E-state index >= 15 is 0 Å². The van der Waals surface area contributed by atoms with Crippen LogP contribution < -0.4 is 5.32 Å². The van der Waals surface area contributed by atoms with E-state index in [-0.39, 0.29) is 0 Å². The van der Waals surface area contributed by atoms with Crippen molar-refractivity contribution in [3.8, 4) is 0 Å². The highest BCUT2D eigenvalue weighted by Gasteiger charge is 2.36. The van der Waals surface area contributed by atoms with Crippen molar-refractivity contribution in [3.05, 3.63) is 16.1 Å². The lowest BCUT2D eigenvalue weighted by Gasteiger charge is -2.28. The number of nitrogens with zero attached hydrogens (tertiary/aromatic N) is 1. The fourth-order valence-corrected chi connectivity index (χ4v) is 3.68. The lowest BCUT2D eigenvalue weighted by Crippen LogP contribution is -2.35. The first kappa shape index (κ1) is 11.7. The highest BCUT2D eigenvalue weighted by molar-refractivity contribution is 7.09. The van der Waals surface area contributed by atoms with Gasteiger partial charge in [0.15, 0.2) is 0 Å². The molecular weight excluding hydrogens is 228 g/mol. The standard InChI is InChI=1S/C14H22N2S/c1-11-16-13(9-17-11)8-14(6-2-3-7-14)10-15-12-4-5-12/h9,12,15H,2-8,10H2,1H3. The largest absolute Gasteiger partial charge is 0.313 e. The molecule has 2 saturated carbocycles. The molecule has 1 N–H and O–H groups in total. The van der Waals surface area contributed by atoms with Gasteiger partial charge in [-0.15, -0.1) is 11.3 Å². The fraction of sp³-hybridized carbons (Fsp3) is 0.786. The second kappa shape index (κ2) is 4.69. The molecule has 0 amide bonds. The van der Waals surface area contributed by atoms with Crippen molar-refractivity contribution in [2.24, 2.45) is 5.41 Å². The Labute approximate surface area is 108 Å². The molecule has 0 aliphatic heterocycles. The quantitative estimate of drug-likeness (QED) is 0.867. The van der Waals surface area contributed by atoms with Gasteiger partial charge in [-0.05, 0) is 44.4 Å². The summed E-state index contributed by atoms with van der Waals surface area (Å²) in [5, 5.41) is 7.21. The lowest BCUT2D eigenvalue weighted by atomic mass is 9.81. The van der Waals surface area contributed by atoms with Crippen molar-refractivity contribution in [2.45, 2.75) is 57.9 Å². The van der Waals surface area contributed by atoms with E-state index in [0.717, 1.165) is 6.04 Å². The number of hydrogen-bond donors (Lipinski definition) is 1. The van der Waals surface area contributed by atoms with Crippen LogP contribution in [0.3, 0.4) is 0 Å². The maximum Gasteiger partial charge on any atom is 0.0897 e. The molecule has 2 aliphatic carbocycles. The third-order valence-corrected chi connectivity index (χ3v) is 5.05. The summed E-state index contributed by atoms with van der Waals surface area (Å²) in [5.41, 5.74) is 1.84. The summed E-state index contributed by atoms with van der Waals surface area (Å²) >= 11 is 1.79. The van der Waals surface area contributed by atoms with Crippen LogP contribution in [0.25, 0.3) is 0 Å². The van der Waals surface area contributed by atoms with Crippen molar-refractivity contribution in [3.63, 3.8) is 0 Å². The molecule has 3 rings (SSSR count). The molecule has 0 unspecified atom stereocenters. The molecule has 0 saturated heterocycles. The van der Waals surface area contributed by atoms with Crippen LogP contribution in [0.2, 0.25) is 0 Å². The SMILES string of the molecule is Cc1nc(CC2(CNC3CC3)CCCC2)cs1. The molecule has 3 heteroatoms. The van der Waals surface area contributed by atoms with Gasteiger partial charge in [0, 0.05) is 18.0 Å². The molecule has 0 bridgehead atoms. The molecule has 0 radical (unpaired) electrons. The van der Waals surface area contributed by atoms with E-state index in [9.17, 15) is 0 Å². The van der Waals surface area contributed by atoms with Gasteiger partial charge in [-0.1, -0.05) is 12.8 Å². The molecule has 2 aliphatic rings. The van der Waals surface area contributed by atoms with E-state index < -0.39 is 0 Å². The van der Waals surface area contributed by atoms with E-state index in [1.807, 2.05) is 0 Å². The first-order valence-electron chi connectivity index (χ1n) is 6.90. The Morgan fingerprint density at radius 3 is 2.76 bits per heavy atom. The Morgan fingerprint density at radius 2 is 2.18 bits per heavy atom. The minimum atomic E-state index is 0.517. The Bertz CT molecular complexity index is 375. The lowest BCUT2D eigenvalue weighted by molar-refractivity contribution is 0.274. The van der Waals surface area contributed by atoms with E-state index in [4.69, 9.17) is 0 Å². The second-order valence-electron chi connectivity index (χ2n) is 5.90. The summed E-state index contributed by atoms with van der Waals surface area (Å²) in [6.07, 6.45) is 9.59. The molecule has 0 spiro atoms. The van der Waals surface area contributed by atoms with Crippen LogP contribution in [0.5, 0.6) is 0 Å². The minimum absolute atomic E-state index is 0.517. The summed E-state index contributed by atoms with van der Waals surface area (Å²) in [6, 6.07) is 0.838. The summed E-state index contributed by atoms with van der Waals surface area (Å²) in [4.78, 5) is 4.65. The zero-order valence-corrected chi connectivity index (χ0v) is 11.5. The number of aromatic nitrogens is 1. The highest BCUT2D eigenvalue weighted by Crippen LogP contribution is 2.41. The number of rotatable bonds is 5. The molecule has 94 valence electrons. The van der Waals surface area contributed by atoms with Crippen molar-refractivity contribution < 1.29 is 0 Å². The maximum atomic E-state index is 4.65. The van der Waals surface area contributed by atoms with Gasteiger partial charge in [-0.2, -0.15) is 0 Å². The predicted octanol–water partition coefficient (Wildman–Crippen LogP) is 3.31. The van der Waals surface area contributed by atoms with E-state index in [2.05, 4.69) is 22.6 Å². The van der Waals surface area contributed by atoms with Gasteiger partial charge < -0.3 is 5.32 Å². The smallest absolute Gasteiger partial charge is 0.0897 e. The van der Waals surface area contributed by atoms with Crippen LogP contribution in [0.15, 0.2) is 5.38 Å². The third-order valence-electron chi connectivity index (χ3n) is 4.23. The van der Waals surface area contributed by atoms with Crippen LogP contribution in [0, 0.1) is 12.3 Å². The molecule has 0 aromatic carbocycles. The van der Waals surface area contributed by atoms with Crippen LogP contribution in [-0.2, 0) is 6.42 Å². The molecule has 2 nitrogen and oxygen atoms in total. The number of nitrogens with one attached hydrogen (secondary N) is 1. The van der Waals surface area contributed by atoms with E-state index in [1.165, 1.54) is 62.2 Å². The van der Waals surface area contributed by atoms with Crippen molar-refractivity contribution in [2.75, 3.05) is 6.54 Å². The monoisotopic (exact) mass is 250 g/mol. The summed E-state index contributed by atoms with van der Waals surface area (Å²) < 4.78 is 0.